The molecule has 146 valence electrons. The number of rotatable bonds is 4. The Bertz CT molecular complexity index is 641. The summed E-state index contributed by atoms with van der Waals surface area (Å²) < 4.78 is 5.63. The van der Waals surface area contributed by atoms with E-state index in [1.807, 2.05) is 44.7 Å². The topological polar surface area (TPSA) is 29.5 Å². The molecule has 2 unspecified atom stereocenters. The molecular weight excluding hydrogens is 369 g/mol. The molecule has 1 aliphatic rings. The maximum absolute atomic E-state index is 12.7. The van der Waals surface area contributed by atoms with Crippen molar-refractivity contribution in [2.24, 2.45) is 5.92 Å². The average molecular weight is 400 g/mol. The number of nitrogens with zero attached hydrogens (tertiary/aromatic N) is 1. The number of hydrogen-bond acceptors (Lipinski definition) is 2. The van der Waals surface area contributed by atoms with Crippen LogP contribution in [0.15, 0.2) is 18.2 Å². The SMILES string of the molecule is CCN(CC1(c2ccc(Cl)c(Cl)c2)CCCCC1C)C(=O)OC(C)(C)C. The predicted octanol–water partition coefficient (Wildman–Crippen LogP) is 6.70. The van der Waals surface area contributed by atoms with Crippen LogP contribution < -0.4 is 0 Å². The fourth-order valence-corrected chi connectivity index (χ4v) is 4.25. The van der Waals surface area contributed by atoms with Crippen LogP contribution in [0.3, 0.4) is 0 Å². The highest BCUT2D eigenvalue weighted by molar-refractivity contribution is 6.42. The molecule has 1 aromatic carbocycles. The summed E-state index contributed by atoms with van der Waals surface area (Å²) >= 11 is 12.5. The van der Waals surface area contributed by atoms with Crippen molar-refractivity contribution in [3.63, 3.8) is 0 Å². The van der Waals surface area contributed by atoms with Crippen LogP contribution in [0.4, 0.5) is 4.79 Å². The molecule has 1 aliphatic carbocycles. The smallest absolute Gasteiger partial charge is 0.410 e. The first-order valence-electron chi connectivity index (χ1n) is 9.52. The van der Waals surface area contributed by atoms with Gasteiger partial charge in [0.05, 0.1) is 10.0 Å². The van der Waals surface area contributed by atoms with Crippen LogP contribution in [0.2, 0.25) is 10.0 Å². The lowest BCUT2D eigenvalue weighted by Gasteiger charge is -2.46. The quantitative estimate of drug-likeness (QED) is 0.563. The molecule has 1 amide bonds. The molecule has 2 atom stereocenters. The van der Waals surface area contributed by atoms with Crippen LogP contribution >= 0.6 is 23.2 Å². The van der Waals surface area contributed by atoms with Crippen molar-refractivity contribution in [3.05, 3.63) is 33.8 Å². The first-order chi connectivity index (χ1) is 12.1. The van der Waals surface area contributed by atoms with E-state index in [2.05, 4.69) is 13.0 Å². The molecule has 26 heavy (non-hydrogen) atoms. The normalized spacial score (nSPS) is 23.6. The van der Waals surface area contributed by atoms with Crippen molar-refractivity contribution in [3.8, 4) is 0 Å². The zero-order valence-corrected chi connectivity index (χ0v) is 18.1. The van der Waals surface area contributed by atoms with Gasteiger partial charge in [-0.25, -0.2) is 4.79 Å². The van der Waals surface area contributed by atoms with E-state index in [1.54, 1.807) is 0 Å². The molecule has 0 aliphatic heterocycles. The molecular formula is C21H31Cl2NO2. The Morgan fingerprint density at radius 3 is 2.50 bits per heavy atom. The summed E-state index contributed by atoms with van der Waals surface area (Å²) in [6.07, 6.45) is 4.30. The van der Waals surface area contributed by atoms with Crippen molar-refractivity contribution in [1.29, 1.82) is 0 Å². The second kappa shape index (κ2) is 8.39. The van der Waals surface area contributed by atoms with E-state index in [1.165, 1.54) is 12.0 Å². The molecule has 0 N–H and O–H groups in total. The number of amides is 1. The van der Waals surface area contributed by atoms with E-state index >= 15 is 0 Å². The van der Waals surface area contributed by atoms with Crippen molar-refractivity contribution in [2.75, 3.05) is 13.1 Å². The van der Waals surface area contributed by atoms with Gasteiger partial charge in [0.25, 0.3) is 0 Å². The third kappa shape index (κ3) is 4.86. The summed E-state index contributed by atoms with van der Waals surface area (Å²) in [7, 11) is 0. The van der Waals surface area contributed by atoms with Gasteiger partial charge < -0.3 is 9.64 Å². The number of hydrogen-bond donors (Lipinski definition) is 0. The Kier molecular flexibility index (Phi) is 6.90. The van der Waals surface area contributed by atoms with Gasteiger partial charge in [-0.1, -0.05) is 49.0 Å². The second-order valence-electron chi connectivity index (χ2n) is 8.43. The van der Waals surface area contributed by atoms with Gasteiger partial charge in [0, 0.05) is 18.5 Å². The monoisotopic (exact) mass is 399 g/mol. The summed E-state index contributed by atoms with van der Waals surface area (Å²) in [6.45, 7) is 11.2. The van der Waals surface area contributed by atoms with Crippen molar-refractivity contribution in [2.45, 2.75) is 71.3 Å². The molecule has 2 rings (SSSR count). The summed E-state index contributed by atoms with van der Waals surface area (Å²) in [5.41, 5.74) is 0.542. The number of benzene rings is 1. The van der Waals surface area contributed by atoms with Gasteiger partial charge in [-0.05, 0) is 64.2 Å². The van der Waals surface area contributed by atoms with Crippen LogP contribution in [-0.2, 0) is 10.2 Å². The molecule has 5 heteroatoms. The molecule has 0 bridgehead atoms. The second-order valence-corrected chi connectivity index (χ2v) is 9.24. The molecule has 1 aromatic rings. The van der Waals surface area contributed by atoms with Gasteiger partial charge in [-0.15, -0.1) is 0 Å². The van der Waals surface area contributed by atoms with Gasteiger partial charge in [0.1, 0.15) is 5.60 Å². The first-order valence-corrected chi connectivity index (χ1v) is 10.3. The van der Waals surface area contributed by atoms with E-state index in [0.29, 0.717) is 29.1 Å². The maximum Gasteiger partial charge on any atom is 0.410 e. The maximum atomic E-state index is 12.7. The van der Waals surface area contributed by atoms with Crippen LogP contribution in [0.1, 0.15) is 65.9 Å². The van der Waals surface area contributed by atoms with Crippen molar-refractivity contribution in [1.82, 2.24) is 4.90 Å². The minimum atomic E-state index is -0.501. The molecule has 1 fully saturated rings. The van der Waals surface area contributed by atoms with E-state index in [9.17, 15) is 4.79 Å². The van der Waals surface area contributed by atoms with Gasteiger partial charge >= 0.3 is 6.09 Å². The highest BCUT2D eigenvalue weighted by atomic mass is 35.5. The fourth-order valence-electron chi connectivity index (χ4n) is 3.95. The van der Waals surface area contributed by atoms with Crippen LogP contribution in [-0.4, -0.2) is 29.7 Å². The van der Waals surface area contributed by atoms with E-state index < -0.39 is 5.60 Å². The molecule has 0 heterocycles. The van der Waals surface area contributed by atoms with E-state index in [-0.39, 0.29) is 11.5 Å². The predicted molar refractivity (Wildman–Crippen MR) is 109 cm³/mol. The Morgan fingerprint density at radius 1 is 1.27 bits per heavy atom. The lowest BCUT2D eigenvalue weighted by atomic mass is 9.63. The van der Waals surface area contributed by atoms with Crippen molar-refractivity contribution >= 4 is 29.3 Å². The van der Waals surface area contributed by atoms with Crippen molar-refractivity contribution < 1.29 is 9.53 Å². The zero-order valence-electron chi connectivity index (χ0n) is 16.6. The summed E-state index contributed by atoms with van der Waals surface area (Å²) in [6, 6.07) is 5.92. The highest BCUT2D eigenvalue weighted by Crippen LogP contribution is 2.45. The Labute approximate surface area is 168 Å². The molecule has 3 nitrogen and oxygen atoms in total. The third-order valence-corrected chi connectivity index (χ3v) is 6.19. The average Bonchev–Trinajstić information content (AvgIpc) is 2.55. The number of halogens is 2. The van der Waals surface area contributed by atoms with E-state index in [4.69, 9.17) is 27.9 Å². The molecule has 0 spiro atoms. The fraction of sp³-hybridized carbons (Fsp3) is 0.667. The zero-order chi connectivity index (χ0) is 19.5. The first kappa shape index (κ1) is 21.4. The molecule has 0 radical (unpaired) electrons. The van der Waals surface area contributed by atoms with Gasteiger partial charge in [0.15, 0.2) is 0 Å². The Hall–Kier alpha value is -0.930. The standard InChI is InChI=1S/C21H31Cl2NO2/c1-6-24(19(25)26-20(3,4)5)14-21(12-8-7-9-15(21)2)16-10-11-17(22)18(23)13-16/h10-11,13,15H,6-9,12,14H2,1-5H3. The highest BCUT2D eigenvalue weighted by Gasteiger charge is 2.42. The summed E-state index contributed by atoms with van der Waals surface area (Å²) in [5, 5.41) is 1.13. The molecule has 1 saturated carbocycles. The van der Waals surface area contributed by atoms with Gasteiger partial charge in [0.2, 0.25) is 0 Å². The van der Waals surface area contributed by atoms with Crippen LogP contribution in [0.5, 0.6) is 0 Å². The largest absolute Gasteiger partial charge is 0.444 e. The molecule has 0 saturated heterocycles. The third-order valence-electron chi connectivity index (χ3n) is 5.45. The van der Waals surface area contributed by atoms with Gasteiger partial charge in [-0.3, -0.25) is 0 Å². The summed E-state index contributed by atoms with van der Waals surface area (Å²) in [4.78, 5) is 14.6. The minimum Gasteiger partial charge on any atom is -0.444 e. The van der Waals surface area contributed by atoms with E-state index in [0.717, 1.165) is 19.3 Å². The van der Waals surface area contributed by atoms with Gasteiger partial charge in [-0.2, -0.15) is 0 Å². The Morgan fingerprint density at radius 2 is 1.96 bits per heavy atom. The number of carbonyl (C=O) groups excluding carboxylic acids is 1. The lowest BCUT2D eigenvalue weighted by molar-refractivity contribution is 0.0160. The van der Waals surface area contributed by atoms with Crippen LogP contribution in [0.25, 0.3) is 0 Å². The minimum absolute atomic E-state index is 0.126. The molecule has 0 aromatic heterocycles. The number of carbonyl (C=O) groups is 1. The summed E-state index contributed by atoms with van der Waals surface area (Å²) in [5.74, 6) is 0.449. The number of likely N-dealkylation sites (N-methyl/N-ethyl adjacent to an activating group) is 1. The van der Waals surface area contributed by atoms with Crippen LogP contribution in [0, 0.1) is 5.92 Å². The Balaban J connectivity index is 2.38. The lowest BCUT2D eigenvalue weighted by Crippen LogP contribution is -2.49. The number of ether oxygens (including phenoxy) is 1.